The molecule has 3 aromatic heterocycles. The number of rotatable bonds is 5. The van der Waals surface area contributed by atoms with Crippen molar-refractivity contribution >= 4 is 33.3 Å². The molecule has 34 heavy (non-hydrogen) atoms. The monoisotopic (exact) mass is 477 g/mol. The quantitative estimate of drug-likeness (QED) is 0.446. The van der Waals surface area contributed by atoms with Gasteiger partial charge >= 0.3 is 0 Å². The Morgan fingerprint density at radius 3 is 2.85 bits per heavy atom. The van der Waals surface area contributed by atoms with Gasteiger partial charge < -0.3 is 10.3 Å². The SMILES string of the molecule is Cc1cccc(NC(=O)C2CCCN(Cc3nc4cc(-c5ccc(F)cc5)sc4c(=O)[nH]3)C2)n1. The van der Waals surface area contributed by atoms with Gasteiger partial charge in [0.05, 0.1) is 18.0 Å². The third-order valence-electron chi connectivity index (χ3n) is 5.95. The Bertz CT molecular complexity index is 1400. The number of aromatic nitrogens is 3. The standard InChI is InChI=1S/C25H24FN5O2S/c1-15-4-2-6-21(27-15)29-24(32)17-5-3-11-31(13-17)14-22-28-19-12-20(34-23(19)25(33)30-22)16-7-9-18(26)10-8-16/h2,4,6-10,12,17H,3,5,11,13-14H2,1H3,(H,27,29,32)(H,28,30,33). The van der Waals surface area contributed by atoms with Crippen LogP contribution in [0.25, 0.3) is 20.7 Å². The highest BCUT2D eigenvalue weighted by atomic mass is 32.1. The van der Waals surface area contributed by atoms with Crippen LogP contribution >= 0.6 is 11.3 Å². The van der Waals surface area contributed by atoms with Crippen LogP contribution in [0.2, 0.25) is 0 Å². The number of aromatic amines is 1. The summed E-state index contributed by atoms with van der Waals surface area (Å²) in [5.74, 6) is 0.640. The zero-order chi connectivity index (χ0) is 23.7. The average Bonchev–Trinajstić information content (AvgIpc) is 3.24. The molecule has 1 aliphatic heterocycles. The number of piperidine rings is 1. The number of hydrogen-bond donors (Lipinski definition) is 2. The van der Waals surface area contributed by atoms with Gasteiger partial charge in [-0.05, 0) is 62.2 Å². The summed E-state index contributed by atoms with van der Waals surface area (Å²) in [6, 6.07) is 13.6. The number of carbonyl (C=O) groups is 1. The van der Waals surface area contributed by atoms with Crippen molar-refractivity contribution in [1.29, 1.82) is 0 Å². The number of benzene rings is 1. The first kappa shape index (κ1) is 22.4. The number of aryl methyl sites for hydroxylation is 1. The Hall–Kier alpha value is -3.43. The Balaban J connectivity index is 1.30. The molecule has 4 heterocycles. The van der Waals surface area contributed by atoms with Gasteiger partial charge in [0.1, 0.15) is 22.2 Å². The van der Waals surface area contributed by atoms with Crippen molar-refractivity contribution in [1.82, 2.24) is 19.9 Å². The second-order valence-corrected chi connectivity index (χ2v) is 9.62. The molecule has 5 rings (SSSR count). The van der Waals surface area contributed by atoms with Gasteiger partial charge in [-0.3, -0.25) is 14.5 Å². The van der Waals surface area contributed by atoms with E-state index in [9.17, 15) is 14.0 Å². The van der Waals surface area contributed by atoms with E-state index in [1.54, 1.807) is 18.2 Å². The third kappa shape index (κ3) is 4.90. The summed E-state index contributed by atoms with van der Waals surface area (Å²) in [5, 5.41) is 2.92. The maximum atomic E-state index is 13.3. The molecule has 0 spiro atoms. The van der Waals surface area contributed by atoms with E-state index in [2.05, 4.69) is 25.2 Å². The lowest BCUT2D eigenvalue weighted by Crippen LogP contribution is -2.40. The number of nitrogens with one attached hydrogen (secondary N) is 2. The van der Waals surface area contributed by atoms with Crippen LogP contribution in [0.4, 0.5) is 10.2 Å². The van der Waals surface area contributed by atoms with Gasteiger partial charge in [-0.1, -0.05) is 18.2 Å². The Morgan fingerprint density at radius 2 is 2.06 bits per heavy atom. The number of likely N-dealkylation sites (tertiary alicyclic amines) is 1. The highest BCUT2D eigenvalue weighted by Crippen LogP contribution is 2.31. The van der Waals surface area contributed by atoms with E-state index in [0.717, 1.165) is 35.5 Å². The second-order valence-electron chi connectivity index (χ2n) is 8.57. The first-order chi connectivity index (χ1) is 16.4. The zero-order valence-electron chi connectivity index (χ0n) is 18.7. The number of hydrogen-bond acceptors (Lipinski definition) is 6. The molecular weight excluding hydrogens is 453 g/mol. The molecular formula is C25H24FN5O2S. The number of anilines is 1. The van der Waals surface area contributed by atoms with Crippen LogP contribution in [-0.4, -0.2) is 38.8 Å². The lowest BCUT2D eigenvalue weighted by molar-refractivity contribution is -0.121. The summed E-state index contributed by atoms with van der Waals surface area (Å²) in [5.41, 5.74) is 2.14. The third-order valence-corrected chi connectivity index (χ3v) is 7.12. The number of halogens is 1. The van der Waals surface area contributed by atoms with Gasteiger partial charge in [-0.2, -0.15) is 0 Å². The molecule has 1 atom stereocenters. The topological polar surface area (TPSA) is 91.0 Å². The summed E-state index contributed by atoms with van der Waals surface area (Å²) in [6.45, 7) is 3.76. The molecule has 4 aromatic rings. The predicted octanol–water partition coefficient (Wildman–Crippen LogP) is 4.34. The van der Waals surface area contributed by atoms with Crippen LogP contribution in [0.15, 0.2) is 53.3 Å². The van der Waals surface area contributed by atoms with E-state index >= 15 is 0 Å². The summed E-state index contributed by atoms with van der Waals surface area (Å²) >= 11 is 1.34. The number of amides is 1. The second kappa shape index (κ2) is 9.44. The van der Waals surface area contributed by atoms with Crippen LogP contribution in [0, 0.1) is 18.7 Å². The van der Waals surface area contributed by atoms with Gasteiger partial charge in [0.15, 0.2) is 0 Å². The Labute approximate surface area is 199 Å². The molecule has 2 N–H and O–H groups in total. The first-order valence-electron chi connectivity index (χ1n) is 11.2. The van der Waals surface area contributed by atoms with Gasteiger partial charge in [0.25, 0.3) is 5.56 Å². The van der Waals surface area contributed by atoms with Crippen molar-refractivity contribution in [2.75, 3.05) is 18.4 Å². The van der Waals surface area contributed by atoms with Crippen molar-refractivity contribution in [3.8, 4) is 10.4 Å². The van der Waals surface area contributed by atoms with Crippen LogP contribution < -0.4 is 10.9 Å². The fourth-order valence-electron chi connectivity index (χ4n) is 4.29. The Morgan fingerprint density at radius 1 is 1.24 bits per heavy atom. The number of thiophene rings is 1. The fraction of sp³-hybridized carbons (Fsp3) is 0.280. The van der Waals surface area contributed by atoms with Crippen LogP contribution in [0.3, 0.4) is 0 Å². The Kier molecular flexibility index (Phi) is 6.21. The number of fused-ring (bicyclic) bond motifs is 1. The van der Waals surface area contributed by atoms with Crippen molar-refractivity contribution in [3.05, 3.63) is 76.2 Å². The van der Waals surface area contributed by atoms with Crippen molar-refractivity contribution in [3.63, 3.8) is 0 Å². The first-order valence-corrected chi connectivity index (χ1v) is 12.0. The van der Waals surface area contributed by atoms with Gasteiger partial charge in [0, 0.05) is 17.1 Å². The minimum absolute atomic E-state index is 0.0403. The molecule has 1 saturated heterocycles. The van der Waals surface area contributed by atoms with Crippen LogP contribution in [0.5, 0.6) is 0 Å². The van der Waals surface area contributed by atoms with Crippen molar-refractivity contribution < 1.29 is 9.18 Å². The maximum absolute atomic E-state index is 13.3. The molecule has 1 amide bonds. The van der Waals surface area contributed by atoms with Gasteiger partial charge in [0.2, 0.25) is 5.91 Å². The predicted molar refractivity (Wildman–Crippen MR) is 131 cm³/mol. The molecule has 1 aliphatic rings. The molecule has 1 aromatic carbocycles. The van der Waals surface area contributed by atoms with E-state index in [0.29, 0.717) is 34.9 Å². The highest BCUT2D eigenvalue weighted by Gasteiger charge is 2.26. The van der Waals surface area contributed by atoms with Gasteiger partial charge in [-0.25, -0.2) is 14.4 Å². The highest BCUT2D eigenvalue weighted by molar-refractivity contribution is 7.22. The van der Waals surface area contributed by atoms with E-state index in [-0.39, 0.29) is 23.2 Å². The number of H-pyrrole nitrogens is 1. The van der Waals surface area contributed by atoms with E-state index in [1.807, 2.05) is 25.1 Å². The minimum Gasteiger partial charge on any atom is -0.310 e. The maximum Gasteiger partial charge on any atom is 0.268 e. The molecule has 0 saturated carbocycles. The van der Waals surface area contributed by atoms with Crippen LogP contribution in [-0.2, 0) is 11.3 Å². The summed E-state index contributed by atoms with van der Waals surface area (Å²) < 4.78 is 13.8. The van der Waals surface area contributed by atoms with Crippen molar-refractivity contribution in [2.24, 2.45) is 5.92 Å². The zero-order valence-corrected chi connectivity index (χ0v) is 19.5. The largest absolute Gasteiger partial charge is 0.310 e. The lowest BCUT2D eigenvalue weighted by atomic mass is 9.97. The molecule has 0 bridgehead atoms. The smallest absolute Gasteiger partial charge is 0.268 e. The number of nitrogens with zero attached hydrogens (tertiary/aromatic N) is 3. The van der Waals surface area contributed by atoms with Gasteiger partial charge in [-0.15, -0.1) is 11.3 Å². The summed E-state index contributed by atoms with van der Waals surface area (Å²) in [7, 11) is 0. The molecule has 1 fully saturated rings. The summed E-state index contributed by atoms with van der Waals surface area (Å²) in [4.78, 5) is 40.4. The van der Waals surface area contributed by atoms with E-state index in [4.69, 9.17) is 0 Å². The molecule has 7 nitrogen and oxygen atoms in total. The summed E-state index contributed by atoms with van der Waals surface area (Å²) in [6.07, 6.45) is 1.70. The molecule has 9 heteroatoms. The molecule has 1 unspecified atom stereocenters. The average molecular weight is 478 g/mol. The molecule has 0 aliphatic carbocycles. The molecule has 0 radical (unpaired) electrons. The minimum atomic E-state index is -0.299. The molecule has 174 valence electrons. The lowest BCUT2D eigenvalue weighted by Gasteiger charge is -2.31. The number of carbonyl (C=O) groups excluding carboxylic acids is 1. The van der Waals surface area contributed by atoms with E-state index < -0.39 is 0 Å². The van der Waals surface area contributed by atoms with Crippen molar-refractivity contribution in [2.45, 2.75) is 26.3 Å². The van der Waals surface area contributed by atoms with Crippen LogP contribution in [0.1, 0.15) is 24.4 Å². The fourth-order valence-corrected chi connectivity index (χ4v) is 5.28. The normalized spacial score (nSPS) is 16.6. The van der Waals surface area contributed by atoms with E-state index in [1.165, 1.54) is 23.5 Å². The number of pyridine rings is 1.